The van der Waals surface area contributed by atoms with E-state index in [0.29, 0.717) is 12.0 Å². The van der Waals surface area contributed by atoms with Crippen LogP contribution in [0.3, 0.4) is 0 Å². The fourth-order valence-electron chi connectivity index (χ4n) is 7.14. The second-order valence-corrected chi connectivity index (χ2v) is 10.8. The molecular formula is C26H31N3O7. The molecule has 10 heteroatoms. The fraction of sp³-hybridized carbons (Fsp3) is 0.577. The number of phenols is 1. The Morgan fingerprint density at radius 3 is 2.39 bits per heavy atom. The van der Waals surface area contributed by atoms with Gasteiger partial charge < -0.3 is 21.3 Å². The van der Waals surface area contributed by atoms with Gasteiger partial charge in [0.05, 0.1) is 17.5 Å². The van der Waals surface area contributed by atoms with Crippen molar-refractivity contribution in [3.63, 3.8) is 0 Å². The van der Waals surface area contributed by atoms with Crippen LogP contribution in [0.1, 0.15) is 46.7 Å². The SMILES string of the molecule is CN(C)[C@@H]1C(=O)C(C(N)=O)C(=O)[C@@]2(O)C(=O)C3C(=O)c4c(O)ccc(C5CCNCC5)c4C[C@H]3C[C@@H]12. The van der Waals surface area contributed by atoms with Crippen LogP contribution < -0.4 is 11.1 Å². The van der Waals surface area contributed by atoms with E-state index in [1.165, 1.54) is 11.0 Å². The van der Waals surface area contributed by atoms with Crippen LogP contribution in [0.15, 0.2) is 12.1 Å². The van der Waals surface area contributed by atoms with Gasteiger partial charge in [0.15, 0.2) is 34.7 Å². The van der Waals surface area contributed by atoms with Gasteiger partial charge in [-0.15, -0.1) is 0 Å². The summed E-state index contributed by atoms with van der Waals surface area (Å²) in [5.74, 6) is -9.91. The average Bonchev–Trinajstić information content (AvgIpc) is 2.81. The highest BCUT2D eigenvalue weighted by Gasteiger charge is 2.69. The number of benzene rings is 1. The van der Waals surface area contributed by atoms with Gasteiger partial charge >= 0.3 is 0 Å². The molecule has 1 aromatic rings. The van der Waals surface area contributed by atoms with Gasteiger partial charge in [0.2, 0.25) is 5.91 Å². The second-order valence-electron chi connectivity index (χ2n) is 10.8. The fourth-order valence-corrected chi connectivity index (χ4v) is 7.14. The number of ketones is 4. The van der Waals surface area contributed by atoms with Crippen LogP contribution in [0.4, 0.5) is 0 Å². The summed E-state index contributed by atoms with van der Waals surface area (Å²) in [6.45, 7) is 1.67. The number of aliphatic hydroxyl groups is 1. The summed E-state index contributed by atoms with van der Waals surface area (Å²) in [5, 5.41) is 25.6. The van der Waals surface area contributed by atoms with Crippen LogP contribution in [0.2, 0.25) is 0 Å². The minimum Gasteiger partial charge on any atom is -0.507 e. The maximum Gasteiger partial charge on any atom is 0.235 e. The molecule has 2 unspecified atom stereocenters. The number of amides is 1. The lowest BCUT2D eigenvalue weighted by Crippen LogP contribution is -2.74. The Morgan fingerprint density at radius 2 is 1.78 bits per heavy atom. The maximum absolute atomic E-state index is 13.8. The number of aromatic hydroxyl groups is 1. The Morgan fingerprint density at radius 1 is 1.11 bits per heavy atom. The highest BCUT2D eigenvalue weighted by atomic mass is 16.3. The summed E-state index contributed by atoms with van der Waals surface area (Å²) in [5.41, 5.74) is 4.39. The summed E-state index contributed by atoms with van der Waals surface area (Å²) in [6, 6.07) is 2.21. The van der Waals surface area contributed by atoms with Crippen LogP contribution in [-0.2, 0) is 25.6 Å². The average molecular weight is 498 g/mol. The molecule has 192 valence electrons. The van der Waals surface area contributed by atoms with Gasteiger partial charge in [-0.1, -0.05) is 6.07 Å². The molecule has 10 nitrogen and oxygen atoms in total. The first-order valence-corrected chi connectivity index (χ1v) is 12.4. The molecule has 1 aliphatic heterocycles. The number of nitrogens with zero attached hydrogens (tertiary/aromatic N) is 1. The van der Waals surface area contributed by atoms with E-state index >= 15 is 0 Å². The number of nitrogens with one attached hydrogen (secondary N) is 1. The normalized spacial score (nSPS) is 34.8. The van der Waals surface area contributed by atoms with E-state index in [1.807, 2.05) is 6.07 Å². The molecule has 6 atom stereocenters. The Labute approximate surface area is 208 Å². The van der Waals surface area contributed by atoms with Gasteiger partial charge in [-0.25, -0.2) is 0 Å². The van der Waals surface area contributed by atoms with Crippen molar-refractivity contribution in [3.05, 3.63) is 28.8 Å². The Balaban J connectivity index is 1.62. The molecule has 5 N–H and O–H groups in total. The van der Waals surface area contributed by atoms with E-state index in [1.54, 1.807) is 14.1 Å². The third-order valence-corrected chi connectivity index (χ3v) is 8.76. The molecule has 1 amide bonds. The number of likely N-dealkylation sites (N-methyl/N-ethyl adjacent to an activating group) is 1. The minimum atomic E-state index is -2.70. The molecule has 2 saturated carbocycles. The zero-order valence-electron chi connectivity index (χ0n) is 20.3. The van der Waals surface area contributed by atoms with Crippen molar-refractivity contribution in [3.8, 4) is 5.75 Å². The summed E-state index contributed by atoms with van der Waals surface area (Å²) >= 11 is 0. The molecule has 1 aromatic carbocycles. The number of carbonyl (C=O) groups is 5. The molecule has 4 aliphatic rings. The monoisotopic (exact) mass is 497 g/mol. The van der Waals surface area contributed by atoms with Crippen LogP contribution in [-0.4, -0.2) is 83.0 Å². The van der Waals surface area contributed by atoms with Crippen molar-refractivity contribution in [1.29, 1.82) is 0 Å². The number of hydrogen-bond acceptors (Lipinski definition) is 9. The molecule has 3 aliphatic carbocycles. The van der Waals surface area contributed by atoms with Crippen molar-refractivity contribution < 1.29 is 34.2 Å². The Bertz CT molecular complexity index is 1190. The zero-order chi connectivity index (χ0) is 26.1. The highest BCUT2D eigenvalue weighted by molar-refractivity contribution is 6.32. The molecule has 1 saturated heterocycles. The summed E-state index contributed by atoms with van der Waals surface area (Å²) < 4.78 is 0. The Kier molecular flexibility index (Phi) is 5.89. The molecule has 1 heterocycles. The first-order chi connectivity index (χ1) is 17.0. The molecule has 3 fully saturated rings. The molecule has 0 spiro atoms. The number of rotatable bonds is 3. The predicted molar refractivity (Wildman–Crippen MR) is 126 cm³/mol. The first kappa shape index (κ1) is 24.7. The highest BCUT2D eigenvalue weighted by Crippen LogP contribution is 2.51. The van der Waals surface area contributed by atoms with E-state index in [-0.39, 0.29) is 23.7 Å². The van der Waals surface area contributed by atoms with Gasteiger partial charge in [-0.05, 0) is 81.9 Å². The van der Waals surface area contributed by atoms with Crippen LogP contribution in [0, 0.1) is 23.7 Å². The summed E-state index contributed by atoms with van der Waals surface area (Å²) in [6.07, 6.45) is 2.12. The summed E-state index contributed by atoms with van der Waals surface area (Å²) in [7, 11) is 3.14. The number of primary amides is 1. The van der Waals surface area contributed by atoms with E-state index in [0.717, 1.165) is 31.5 Å². The maximum atomic E-state index is 13.8. The smallest absolute Gasteiger partial charge is 0.235 e. The van der Waals surface area contributed by atoms with Crippen molar-refractivity contribution in [2.24, 2.45) is 29.4 Å². The number of piperidine rings is 1. The molecular weight excluding hydrogens is 466 g/mol. The molecule has 0 bridgehead atoms. The molecule has 5 rings (SSSR count). The van der Waals surface area contributed by atoms with Crippen molar-refractivity contribution in [2.45, 2.75) is 43.2 Å². The van der Waals surface area contributed by atoms with E-state index in [4.69, 9.17) is 5.73 Å². The Hall–Kier alpha value is -2.95. The minimum absolute atomic E-state index is 0.0607. The second kappa shape index (κ2) is 8.57. The van der Waals surface area contributed by atoms with Crippen molar-refractivity contribution in [1.82, 2.24) is 10.2 Å². The van der Waals surface area contributed by atoms with Crippen LogP contribution in [0.25, 0.3) is 0 Å². The van der Waals surface area contributed by atoms with Crippen molar-refractivity contribution in [2.75, 3.05) is 27.2 Å². The number of nitrogens with two attached hydrogens (primary N) is 1. The van der Waals surface area contributed by atoms with Gasteiger partial charge in [0.25, 0.3) is 0 Å². The lowest BCUT2D eigenvalue weighted by molar-refractivity contribution is -0.181. The number of carbonyl (C=O) groups excluding carboxylic acids is 5. The molecule has 0 aromatic heterocycles. The van der Waals surface area contributed by atoms with Gasteiger partial charge in [0, 0.05) is 5.92 Å². The number of fused-ring (bicyclic) bond motifs is 3. The van der Waals surface area contributed by atoms with Crippen LogP contribution in [0.5, 0.6) is 5.75 Å². The number of Topliss-reactive ketones (excluding diaryl/α,β-unsaturated/α-hetero) is 4. The topological polar surface area (TPSA) is 167 Å². The molecule has 0 radical (unpaired) electrons. The third-order valence-electron chi connectivity index (χ3n) is 8.76. The number of hydrogen-bond donors (Lipinski definition) is 4. The van der Waals surface area contributed by atoms with E-state index in [9.17, 15) is 34.2 Å². The van der Waals surface area contributed by atoms with E-state index in [2.05, 4.69) is 5.32 Å². The van der Waals surface area contributed by atoms with Gasteiger partial charge in [-0.3, -0.25) is 28.9 Å². The largest absolute Gasteiger partial charge is 0.507 e. The lowest BCUT2D eigenvalue weighted by Gasteiger charge is -2.52. The zero-order valence-corrected chi connectivity index (χ0v) is 20.3. The van der Waals surface area contributed by atoms with Gasteiger partial charge in [-0.2, -0.15) is 0 Å². The van der Waals surface area contributed by atoms with Crippen LogP contribution >= 0.6 is 0 Å². The molecule has 36 heavy (non-hydrogen) atoms. The third kappa shape index (κ3) is 3.31. The quantitative estimate of drug-likeness (QED) is 0.396. The number of phenolic OH excluding ortho intramolecular Hbond substituents is 1. The van der Waals surface area contributed by atoms with E-state index < -0.39 is 64.4 Å². The lowest BCUT2D eigenvalue weighted by atomic mass is 9.52. The first-order valence-electron chi connectivity index (χ1n) is 12.4. The summed E-state index contributed by atoms with van der Waals surface area (Å²) in [4.78, 5) is 67.6. The van der Waals surface area contributed by atoms with Gasteiger partial charge in [0.1, 0.15) is 5.75 Å². The standard InChI is InChI=1S/C26H31N3O7/c1-29(2)20-15-10-12-9-14-13(11-5-7-28-8-6-11)3-4-16(30)18(14)21(31)17(12)23(33)26(15,36)24(34)19(22(20)32)25(27)35/h3-4,11-12,15,17,19-20,28,30,36H,5-10H2,1-2H3,(H2,27,35)/t12-,15-,17?,19?,20-,26-/m0/s1. The predicted octanol–water partition coefficient (Wildman–Crippen LogP) is -0.666. The van der Waals surface area contributed by atoms with Crippen molar-refractivity contribution >= 4 is 29.0 Å².